The van der Waals surface area contributed by atoms with Gasteiger partial charge in [0.1, 0.15) is 11.6 Å². The van der Waals surface area contributed by atoms with Gasteiger partial charge in [-0.05, 0) is 17.7 Å². The Hall–Kier alpha value is -2.08. The lowest BCUT2D eigenvalue weighted by Crippen LogP contribution is -2.36. The van der Waals surface area contributed by atoms with Gasteiger partial charge in [0.2, 0.25) is 5.95 Å². The summed E-state index contributed by atoms with van der Waals surface area (Å²) >= 11 is 0. The molecule has 0 saturated carbocycles. The van der Waals surface area contributed by atoms with E-state index < -0.39 is 0 Å². The third-order valence-corrected chi connectivity index (χ3v) is 3.34. The molecular formula is C14H18N4O2. The average Bonchev–Trinajstić information content (AvgIpc) is 2.97. The molecule has 3 rings (SSSR count). The van der Waals surface area contributed by atoms with E-state index >= 15 is 0 Å². The highest BCUT2D eigenvalue weighted by Crippen LogP contribution is 2.15. The Morgan fingerprint density at radius 1 is 1.25 bits per heavy atom. The minimum atomic E-state index is 0.737. The number of ether oxygens (including phenoxy) is 2. The van der Waals surface area contributed by atoms with Gasteiger partial charge in [-0.25, -0.2) is 0 Å². The second-order valence-electron chi connectivity index (χ2n) is 4.71. The lowest BCUT2D eigenvalue weighted by Gasteiger charge is -2.25. The molecule has 1 aromatic carbocycles. The number of methoxy groups -OCH3 is 1. The van der Waals surface area contributed by atoms with Gasteiger partial charge >= 0.3 is 0 Å². The van der Waals surface area contributed by atoms with Crippen molar-refractivity contribution in [3.05, 3.63) is 35.7 Å². The van der Waals surface area contributed by atoms with Crippen LogP contribution in [-0.4, -0.2) is 48.6 Å². The van der Waals surface area contributed by atoms with Crippen molar-refractivity contribution >= 4 is 5.95 Å². The Bertz CT molecular complexity index is 547. The number of aromatic amines is 1. The summed E-state index contributed by atoms with van der Waals surface area (Å²) in [6.45, 7) is 3.17. The number of aromatic nitrogens is 3. The Morgan fingerprint density at radius 2 is 2.00 bits per heavy atom. The molecule has 1 fully saturated rings. The highest BCUT2D eigenvalue weighted by Gasteiger charge is 2.15. The molecule has 0 atom stereocenters. The normalized spacial score (nSPS) is 15.3. The van der Waals surface area contributed by atoms with E-state index in [1.54, 1.807) is 7.11 Å². The van der Waals surface area contributed by atoms with Gasteiger partial charge in [0.05, 0.1) is 20.3 Å². The first-order valence-corrected chi connectivity index (χ1v) is 6.72. The van der Waals surface area contributed by atoms with Crippen LogP contribution >= 0.6 is 0 Å². The van der Waals surface area contributed by atoms with Gasteiger partial charge in [0.25, 0.3) is 0 Å². The topological polar surface area (TPSA) is 63.3 Å². The first kappa shape index (κ1) is 12.9. The predicted molar refractivity (Wildman–Crippen MR) is 75.2 cm³/mol. The fourth-order valence-electron chi connectivity index (χ4n) is 2.21. The van der Waals surface area contributed by atoms with Crippen molar-refractivity contribution in [2.24, 2.45) is 0 Å². The first-order chi connectivity index (χ1) is 9.85. The molecule has 0 aliphatic carbocycles. The summed E-state index contributed by atoms with van der Waals surface area (Å²) in [5.74, 6) is 2.49. The number of nitrogens with one attached hydrogen (secondary N) is 1. The van der Waals surface area contributed by atoms with Gasteiger partial charge in [0.15, 0.2) is 0 Å². The first-order valence-electron chi connectivity index (χ1n) is 6.72. The molecule has 2 heterocycles. The molecule has 1 saturated heterocycles. The SMILES string of the molecule is COc1ccc(Cc2nc(N3CCOCC3)n[nH]2)cc1. The summed E-state index contributed by atoms with van der Waals surface area (Å²) in [7, 11) is 1.67. The van der Waals surface area contributed by atoms with E-state index in [2.05, 4.69) is 20.1 Å². The van der Waals surface area contributed by atoms with Crippen LogP contribution in [0.1, 0.15) is 11.4 Å². The summed E-state index contributed by atoms with van der Waals surface area (Å²) < 4.78 is 10.5. The molecule has 0 bridgehead atoms. The molecule has 106 valence electrons. The van der Waals surface area contributed by atoms with Crippen molar-refractivity contribution in [2.45, 2.75) is 6.42 Å². The molecule has 1 aromatic heterocycles. The standard InChI is InChI=1S/C14H18N4O2/c1-19-12-4-2-11(3-5-12)10-13-15-14(17-16-13)18-6-8-20-9-7-18/h2-5H,6-10H2,1H3,(H,15,16,17). The third kappa shape index (κ3) is 2.91. The van der Waals surface area contributed by atoms with Crippen LogP contribution in [-0.2, 0) is 11.2 Å². The quantitative estimate of drug-likeness (QED) is 0.909. The average molecular weight is 274 g/mol. The van der Waals surface area contributed by atoms with Crippen LogP contribution in [0, 0.1) is 0 Å². The number of H-pyrrole nitrogens is 1. The molecule has 1 aliphatic rings. The Balaban J connectivity index is 1.66. The lowest BCUT2D eigenvalue weighted by atomic mass is 10.1. The van der Waals surface area contributed by atoms with E-state index in [4.69, 9.17) is 9.47 Å². The molecule has 0 unspecified atom stereocenters. The van der Waals surface area contributed by atoms with E-state index in [0.717, 1.165) is 50.2 Å². The van der Waals surface area contributed by atoms with Crippen molar-refractivity contribution < 1.29 is 9.47 Å². The summed E-state index contributed by atoms with van der Waals surface area (Å²) in [6, 6.07) is 7.98. The molecule has 0 spiro atoms. The molecule has 6 nitrogen and oxygen atoms in total. The van der Waals surface area contributed by atoms with Crippen LogP contribution in [0.25, 0.3) is 0 Å². The van der Waals surface area contributed by atoms with Crippen LogP contribution in [0.4, 0.5) is 5.95 Å². The van der Waals surface area contributed by atoms with Gasteiger partial charge < -0.3 is 14.4 Å². The van der Waals surface area contributed by atoms with Gasteiger partial charge in [-0.15, -0.1) is 5.10 Å². The van der Waals surface area contributed by atoms with Crippen molar-refractivity contribution in [2.75, 3.05) is 38.3 Å². The maximum Gasteiger partial charge on any atom is 0.244 e. The minimum Gasteiger partial charge on any atom is -0.497 e. The molecule has 0 radical (unpaired) electrons. The van der Waals surface area contributed by atoms with Crippen LogP contribution in [0.15, 0.2) is 24.3 Å². The number of morpholine rings is 1. The lowest BCUT2D eigenvalue weighted by molar-refractivity contribution is 0.122. The minimum absolute atomic E-state index is 0.737. The van der Waals surface area contributed by atoms with E-state index in [9.17, 15) is 0 Å². The maximum absolute atomic E-state index is 5.33. The Morgan fingerprint density at radius 3 is 2.70 bits per heavy atom. The van der Waals surface area contributed by atoms with Crippen molar-refractivity contribution in [1.29, 1.82) is 0 Å². The highest BCUT2D eigenvalue weighted by molar-refractivity contribution is 5.32. The van der Waals surface area contributed by atoms with E-state index in [1.807, 2.05) is 24.3 Å². The van der Waals surface area contributed by atoms with Crippen LogP contribution in [0.3, 0.4) is 0 Å². The predicted octanol–water partition coefficient (Wildman–Crippen LogP) is 1.24. The van der Waals surface area contributed by atoms with Crippen LogP contribution in [0.5, 0.6) is 5.75 Å². The molecule has 0 amide bonds. The molecule has 1 aliphatic heterocycles. The van der Waals surface area contributed by atoms with Crippen LogP contribution < -0.4 is 9.64 Å². The van der Waals surface area contributed by atoms with Gasteiger partial charge in [0, 0.05) is 19.5 Å². The molecule has 6 heteroatoms. The molecule has 20 heavy (non-hydrogen) atoms. The van der Waals surface area contributed by atoms with Gasteiger partial charge in [-0.2, -0.15) is 4.98 Å². The van der Waals surface area contributed by atoms with Crippen molar-refractivity contribution in [3.8, 4) is 5.75 Å². The van der Waals surface area contributed by atoms with E-state index in [-0.39, 0.29) is 0 Å². The number of hydrogen-bond acceptors (Lipinski definition) is 5. The van der Waals surface area contributed by atoms with E-state index in [0.29, 0.717) is 0 Å². The van der Waals surface area contributed by atoms with Crippen molar-refractivity contribution in [3.63, 3.8) is 0 Å². The monoisotopic (exact) mass is 274 g/mol. The van der Waals surface area contributed by atoms with Gasteiger partial charge in [-0.1, -0.05) is 12.1 Å². The summed E-state index contributed by atoms with van der Waals surface area (Å²) in [6.07, 6.45) is 0.737. The summed E-state index contributed by atoms with van der Waals surface area (Å²) in [5.41, 5.74) is 1.18. The Kier molecular flexibility index (Phi) is 3.83. The molecule has 2 aromatic rings. The largest absolute Gasteiger partial charge is 0.497 e. The highest BCUT2D eigenvalue weighted by atomic mass is 16.5. The fourth-order valence-corrected chi connectivity index (χ4v) is 2.21. The van der Waals surface area contributed by atoms with Crippen molar-refractivity contribution in [1.82, 2.24) is 15.2 Å². The second-order valence-corrected chi connectivity index (χ2v) is 4.71. The smallest absolute Gasteiger partial charge is 0.244 e. The third-order valence-electron chi connectivity index (χ3n) is 3.34. The van der Waals surface area contributed by atoms with Gasteiger partial charge in [-0.3, -0.25) is 5.10 Å². The van der Waals surface area contributed by atoms with Crippen LogP contribution in [0.2, 0.25) is 0 Å². The molecule has 1 N–H and O–H groups in total. The second kappa shape index (κ2) is 5.92. The zero-order chi connectivity index (χ0) is 13.8. The number of rotatable bonds is 4. The fraction of sp³-hybridized carbons (Fsp3) is 0.429. The zero-order valence-electron chi connectivity index (χ0n) is 11.5. The number of hydrogen-bond donors (Lipinski definition) is 1. The molecular weight excluding hydrogens is 256 g/mol. The number of benzene rings is 1. The summed E-state index contributed by atoms with van der Waals surface area (Å²) in [5, 5.41) is 7.28. The number of nitrogens with zero attached hydrogens (tertiary/aromatic N) is 3. The van der Waals surface area contributed by atoms with E-state index in [1.165, 1.54) is 5.56 Å². The Labute approximate surface area is 117 Å². The maximum atomic E-state index is 5.33. The summed E-state index contributed by atoms with van der Waals surface area (Å²) in [4.78, 5) is 6.68. The zero-order valence-corrected chi connectivity index (χ0v) is 11.5. The number of anilines is 1.